The van der Waals surface area contributed by atoms with Gasteiger partial charge in [0, 0.05) is 53.3 Å². The highest BCUT2D eigenvalue weighted by Gasteiger charge is 2.46. The van der Waals surface area contributed by atoms with Crippen LogP contribution in [-0.4, -0.2) is 165 Å². The number of ketones is 1. The minimum Gasteiger partial charge on any atom is -0.508 e. The van der Waals surface area contributed by atoms with Crippen LogP contribution in [0.5, 0.6) is 11.5 Å². The number of nitrogens with one attached hydrogen (secondary N) is 3. The standard InChI is InChI=1S/C42H54N10O11S2/c1-23(54)44-32-35(58)33(56)30(22-53)63-39(32)62-27-14-10-25(11-15-27)52(4)42-48-40(47-41(49-42)51(3)18-17-50(2)38(61)34(57)31-7-6-19-65-31)46-29(21-24-8-12-26(55)13-9-24)37(60)45-28(36(43)59)16-20-64-5/h6-15,19,28-30,32-33,35,39,53,55-56,58H,16-18,20-22H2,1-5H3,(H2,43,59)(H,44,54)(H,45,60)(H,46,47,48,49)/t28-,29-,30+,32+,33+,35+,39+/m0/s1. The quantitative estimate of drug-likeness (QED) is 0.0387. The van der Waals surface area contributed by atoms with Crippen molar-refractivity contribution >= 4 is 76.0 Å². The van der Waals surface area contributed by atoms with E-state index in [1.54, 1.807) is 77.8 Å². The number of nitrogens with two attached hydrogens (primary N) is 1. The second kappa shape index (κ2) is 23.2. The number of ether oxygens (including phenoxy) is 2. The van der Waals surface area contributed by atoms with Crippen LogP contribution in [0.3, 0.4) is 0 Å². The summed E-state index contributed by atoms with van der Waals surface area (Å²) in [4.78, 5) is 82.9. The summed E-state index contributed by atoms with van der Waals surface area (Å²) in [6.07, 6.45) is -3.24. The predicted octanol–water partition coefficient (Wildman–Crippen LogP) is 0.253. The number of aliphatic hydroxyl groups is 3. The average Bonchev–Trinajstić information content (AvgIpc) is 3.84. The Morgan fingerprint density at radius 1 is 0.938 bits per heavy atom. The number of primary amides is 1. The molecule has 3 heterocycles. The van der Waals surface area contributed by atoms with Gasteiger partial charge in [0.2, 0.25) is 41.9 Å². The third-order valence-electron chi connectivity index (χ3n) is 10.3. The van der Waals surface area contributed by atoms with E-state index in [1.165, 1.54) is 54.1 Å². The molecule has 65 heavy (non-hydrogen) atoms. The number of carbonyl (C=O) groups is 5. The van der Waals surface area contributed by atoms with Crippen LogP contribution in [0.25, 0.3) is 0 Å². The van der Waals surface area contributed by atoms with Gasteiger partial charge in [0.25, 0.3) is 11.7 Å². The Labute approximate surface area is 383 Å². The molecule has 0 unspecified atom stereocenters. The number of thioether (sulfide) groups is 1. The number of likely N-dealkylation sites (N-methyl/N-ethyl adjacent to an activating group) is 2. The maximum Gasteiger partial charge on any atom is 0.295 e. The van der Waals surface area contributed by atoms with Crippen molar-refractivity contribution in [1.29, 1.82) is 0 Å². The average molecular weight is 939 g/mol. The van der Waals surface area contributed by atoms with Crippen LogP contribution in [0.1, 0.15) is 28.6 Å². The van der Waals surface area contributed by atoms with Crippen LogP contribution >= 0.6 is 23.1 Å². The number of amides is 4. The number of hydrogen-bond donors (Lipinski definition) is 8. The third-order valence-corrected chi connectivity index (χ3v) is 11.8. The molecular weight excluding hydrogens is 885 g/mol. The SMILES string of the molecule is CSCC[C@H](NC(=O)[C@H](Cc1ccc(O)cc1)Nc1nc(N(C)CCN(C)C(=O)C(=O)c2cccs2)nc(N(C)c2ccc(O[C@@H]3O[C@H](CO)[C@@H](O)[C@H](O)[C@H]3NC(C)=O)cc2)n1)C(N)=O. The number of anilines is 4. The number of carbonyl (C=O) groups excluding carboxylic acids is 5. The molecule has 4 amide bonds. The zero-order chi connectivity index (χ0) is 47.4. The number of rotatable bonds is 22. The molecule has 1 saturated heterocycles. The molecule has 350 valence electrons. The molecule has 4 aromatic rings. The fourth-order valence-electron chi connectivity index (χ4n) is 6.52. The Kier molecular flexibility index (Phi) is 17.8. The maximum absolute atomic E-state index is 14.0. The van der Waals surface area contributed by atoms with E-state index in [9.17, 15) is 44.4 Å². The first-order valence-corrected chi connectivity index (χ1v) is 22.6. The lowest BCUT2D eigenvalue weighted by molar-refractivity contribution is -0.244. The molecule has 2 aromatic heterocycles. The van der Waals surface area contributed by atoms with Gasteiger partial charge >= 0.3 is 0 Å². The zero-order valence-electron chi connectivity index (χ0n) is 36.4. The minimum absolute atomic E-state index is 0.0275. The first-order valence-electron chi connectivity index (χ1n) is 20.3. The summed E-state index contributed by atoms with van der Waals surface area (Å²) in [5, 5.41) is 50.9. The number of phenols is 1. The minimum atomic E-state index is -1.51. The van der Waals surface area contributed by atoms with Crippen molar-refractivity contribution in [2.24, 2.45) is 5.73 Å². The summed E-state index contributed by atoms with van der Waals surface area (Å²) in [5.74, 6) is -2.11. The van der Waals surface area contributed by atoms with Gasteiger partial charge in [-0.1, -0.05) is 18.2 Å². The van der Waals surface area contributed by atoms with E-state index >= 15 is 0 Å². The maximum atomic E-state index is 14.0. The number of aliphatic hydroxyl groups excluding tert-OH is 3. The highest BCUT2D eigenvalue weighted by Crippen LogP contribution is 2.29. The van der Waals surface area contributed by atoms with E-state index in [-0.39, 0.29) is 48.9 Å². The van der Waals surface area contributed by atoms with Crippen molar-refractivity contribution in [3.05, 3.63) is 76.5 Å². The van der Waals surface area contributed by atoms with Crippen molar-refractivity contribution in [1.82, 2.24) is 30.5 Å². The van der Waals surface area contributed by atoms with Gasteiger partial charge in [-0.15, -0.1) is 11.3 Å². The Balaban J connectivity index is 1.45. The Morgan fingerprint density at radius 2 is 1.63 bits per heavy atom. The number of aromatic nitrogens is 3. The van der Waals surface area contributed by atoms with E-state index in [2.05, 4.69) is 25.9 Å². The number of hydrogen-bond acceptors (Lipinski definition) is 19. The van der Waals surface area contributed by atoms with E-state index in [0.717, 1.165) is 0 Å². The summed E-state index contributed by atoms with van der Waals surface area (Å²) in [7, 11) is 4.86. The molecule has 0 radical (unpaired) electrons. The molecule has 0 bridgehead atoms. The fourth-order valence-corrected chi connectivity index (χ4v) is 7.65. The van der Waals surface area contributed by atoms with Crippen LogP contribution in [0.2, 0.25) is 0 Å². The number of phenolic OH excluding ortho intramolecular Hbond substituents is 1. The molecule has 5 rings (SSSR count). The van der Waals surface area contributed by atoms with Gasteiger partial charge in [-0.2, -0.15) is 26.7 Å². The Bertz CT molecular complexity index is 2240. The monoisotopic (exact) mass is 938 g/mol. The molecule has 1 fully saturated rings. The number of benzene rings is 2. The van der Waals surface area contributed by atoms with Gasteiger partial charge < -0.3 is 66.3 Å². The Hall–Kier alpha value is -6.11. The van der Waals surface area contributed by atoms with Crippen LogP contribution in [0.15, 0.2) is 66.0 Å². The number of aromatic hydroxyl groups is 1. The van der Waals surface area contributed by atoms with Crippen LogP contribution < -0.4 is 36.2 Å². The van der Waals surface area contributed by atoms with Crippen molar-refractivity contribution < 1.29 is 53.9 Å². The van der Waals surface area contributed by atoms with Gasteiger partial charge in [-0.25, -0.2) is 0 Å². The summed E-state index contributed by atoms with van der Waals surface area (Å²) < 4.78 is 11.7. The normalized spacial score (nSPS) is 19.0. The summed E-state index contributed by atoms with van der Waals surface area (Å²) in [5.41, 5.74) is 6.85. The fraction of sp³-hybridized carbons (Fsp3) is 0.429. The first kappa shape index (κ1) is 49.9. The second-order valence-corrected chi connectivity index (χ2v) is 17.1. The molecule has 0 aliphatic carbocycles. The van der Waals surface area contributed by atoms with E-state index in [0.29, 0.717) is 28.3 Å². The highest BCUT2D eigenvalue weighted by atomic mass is 32.2. The molecule has 7 atom stereocenters. The summed E-state index contributed by atoms with van der Waals surface area (Å²) in [6.45, 7) is 0.883. The van der Waals surface area contributed by atoms with E-state index < -0.39 is 78.7 Å². The lowest BCUT2D eigenvalue weighted by Crippen LogP contribution is -2.65. The largest absolute Gasteiger partial charge is 0.508 e. The van der Waals surface area contributed by atoms with Crippen LogP contribution in [0.4, 0.5) is 23.5 Å². The van der Waals surface area contributed by atoms with Crippen molar-refractivity contribution in [3.63, 3.8) is 0 Å². The molecule has 23 heteroatoms. The summed E-state index contributed by atoms with van der Waals surface area (Å²) >= 11 is 2.66. The van der Waals surface area contributed by atoms with Gasteiger partial charge in [0.05, 0.1) is 11.5 Å². The molecule has 21 nitrogen and oxygen atoms in total. The molecule has 2 aromatic carbocycles. The number of Topliss-reactive ketones (excluding diaryl/α,β-unsaturated/α-hetero) is 1. The smallest absolute Gasteiger partial charge is 0.295 e. The predicted molar refractivity (Wildman–Crippen MR) is 243 cm³/mol. The van der Waals surface area contributed by atoms with Crippen LogP contribution in [-0.2, 0) is 30.3 Å². The molecule has 0 spiro atoms. The topological polar surface area (TPSA) is 295 Å². The molecule has 9 N–H and O–H groups in total. The number of nitrogens with zero attached hydrogens (tertiary/aromatic N) is 6. The van der Waals surface area contributed by atoms with Gasteiger partial charge in [-0.3, -0.25) is 24.0 Å². The van der Waals surface area contributed by atoms with E-state index in [4.69, 9.17) is 20.2 Å². The van der Waals surface area contributed by atoms with Crippen molar-refractivity contribution in [3.8, 4) is 11.5 Å². The molecule has 1 aliphatic heterocycles. The molecular formula is C42H54N10O11S2. The van der Waals surface area contributed by atoms with E-state index in [1.807, 2.05) is 6.26 Å². The lowest BCUT2D eigenvalue weighted by Gasteiger charge is -2.42. The highest BCUT2D eigenvalue weighted by molar-refractivity contribution is 7.98. The Morgan fingerprint density at radius 3 is 2.25 bits per heavy atom. The third kappa shape index (κ3) is 13.5. The zero-order valence-corrected chi connectivity index (χ0v) is 38.0. The van der Waals surface area contributed by atoms with Crippen molar-refractivity contribution in [2.75, 3.05) is 68.0 Å². The van der Waals surface area contributed by atoms with Crippen molar-refractivity contribution in [2.45, 2.75) is 62.5 Å². The van der Waals surface area contributed by atoms with Gasteiger partial charge in [0.15, 0.2) is 0 Å². The summed E-state index contributed by atoms with van der Waals surface area (Å²) in [6, 6.07) is 12.8. The van der Waals surface area contributed by atoms with Crippen LogP contribution in [0, 0.1) is 0 Å². The van der Waals surface area contributed by atoms with Gasteiger partial charge in [0.1, 0.15) is 47.9 Å². The number of thiophene rings is 1. The second-order valence-electron chi connectivity index (χ2n) is 15.1. The van der Waals surface area contributed by atoms with Gasteiger partial charge in [-0.05, 0) is 71.8 Å². The lowest BCUT2D eigenvalue weighted by atomic mass is 9.97. The molecule has 1 aliphatic rings. The first-order chi connectivity index (χ1) is 31.0. The molecule has 0 saturated carbocycles.